The Morgan fingerprint density at radius 2 is 1.76 bits per heavy atom. The quantitative estimate of drug-likeness (QED) is 0.786. The van der Waals surface area contributed by atoms with Gasteiger partial charge in [-0.15, -0.1) is 0 Å². The highest BCUT2D eigenvalue weighted by molar-refractivity contribution is 5.93. The molecule has 0 aromatic heterocycles. The zero-order chi connectivity index (χ0) is 18.2. The average molecular weight is 348 g/mol. The summed E-state index contributed by atoms with van der Waals surface area (Å²) in [4.78, 5) is 14.0. The van der Waals surface area contributed by atoms with Crippen molar-refractivity contribution in [3.63, 3.8) is 0 Å². The first-order chi connectivity index (χ1) is 12.0. The van der Waals surface area contributed by atoms with Crippen molar-refractivity contribution in [2.45, 2.75) is 26.5 Å². The second-order valence-electron chi connectivity index (χ2n) is 5.77. The number of nitrogens with zero attached hydrogens (tertiary/aromatic N) is 1. The summed E-state index contributed by atoms with van der Waals surface area (Å²) >= 11 is 0. The standard InChI is InChI=1S/C19H22F2N2O2/c1-3-14-8-10-15(11-9-14)12-23(2)13-18(24)22-16-6-4-5-7-17(16)25-19(20)21/h4-11,19H,3,12-13H2,1-2H3,(H,22,24). The van der Waals surface area contributed by atoms with E-state index in [1.807, 2.05) is 24.1 Å². The number of carbonyl (C=O) groups is 1. The zero-order valence-corrected chi connectivity index (χ0v) is 14.3. The van der Waals surface area contributed by atoms with E-state index in [-0.39, 0.29) is 23.9 Å². The van der Waals surface area contributed by atoms with Gasteiger partial charge < -0.3 is 10.1 Å². The molecule has 25 heavy (non-hydrogen) atoms. The number of ether oxygens (including phenoxy) is 1. The van der Waals surface area contributed by atoms with E-state index >= 15 is 0 Å². The van der Waals surface area contributed by atoms with Crippen LogP contribution in [0.1, 0.15) is 18.1 Å². The molecule has 0 unspecified atom stereocenters. The number of carbonyl (C=O) groups excluding carboxylic acids is 1. The Hall–Kier alpha value is -2.47. The van der Waals surface area contributed by atoms with Crippen molar-refractivity contribution in [3.05, 3.63) is 59.7 Å². The van der Waals surface area contributed by atoms with Crippen LogP contribution < -0.4 is 10.1 Å². The molecule has 0 atom stereocenters. The van der Waals surface area contributed by atoms with Gasteiger partial charge in [-0.3, -0.25) is 9.69 Å². The van der Waals surface area contributed by atoms with Crippen molar-refractivity contribution < 1.29 is 18.3 Å². The second kappa shape index (κ2) is 9.13. The summed E-state index contributed by atoms with van der Waals surface area (Å²) in [6.07, 6.45) is 0.985. The fourth-order valence-electron chi connectivity index (χ4n) is 2.45. The van der Waals surface area contributed by atoms with E-state index in [1.54, 1.807) is 12.1 Å². The number of nitrogens with one attached hydrogen (secondary N) is 1. The minimum atomic E-state index is -2.94. The van der Waals surface area contributed by atoms with Crippen molar-refractivity contribution in [2.75, 3.05) is 18.9 Å². The molecule has 0 bridgehead atoms. The zero-order valence-electron chi connectivity index (χ0n) is 14.3. The van der Waals surface area contributed by atoms with Crippen LogP contribution in [0, 0.1) is 0 Å². The highest BCUT2D eigenvalue weighted by atomic mass is 19.3. The first kappa shape index (κ1) is 18.9. The predicted molar refractivity (Wildman–Crippen MR) is 93.9 cm³/mol. The lowest BCUT2D eigenvalue weighted by Crippen LogP contribution is -2.30. The highest BCUT2D eigenvalue weighted by Crippen LogP contribution is 2.25. The Bertz CT molecular complexity index is 690. The van der Waals surface area contributed by atoms with E-state index in [9.17, 15) is 13.6 Å². The Morgan fingerprint density at radius 3 is 2.40 bits per heavy atom. The third-order valence-corrected chi connectivity index (χ3v) is 3.67. The molecule has 2 rings (SSSR count). The second-order valence-corrected chi connectivity index (χ2v) is 5.77. The number of likely N-dealkylation sites (N-methyl/N-ethyl adjacent to an activating group) is 1. The maximum absolute atomic E-state index is 12.4. The smallest absolute Gasteiger partial charge is 0.387 e. The van der Waals surface area contributed by atoms with Crippen LogP contribution in [-0.4, -0.2) is 31.0 Å². The normalized spacial score (nSPS) is 11.0. The summed E-state index contributed by atoms with van der Waals surface area (Å²) in [6.45, 7) is -0.0848. The van der Waals surface area contributed by atoms with E-state index < -0.39 is 6.61 Å². The topological polar surface area (TPSA) is 41.6 Å². The molecule has 1 N–H and O–H groups in total. The van der Waals surface area contributed by atoms with Crippen LogP contribution in [0.2, 0.25) is 0 Å². The van der Waals surface area contributed by atoms with Gasteiger partial charge in [-0.2, -0.15) is 8.78 Å². The van der Waals surface area contributed by atoms with Gasteiger partial charge in [0, 0.05) is 6.54 Å². The number of aryl methyl sites for hydroxylation is 1. The van der Waals surface area contributed by atoms with E-state index in [1.165, 1.54) is 17.7 Å². The van der Waals surface area contributed by atoms with Crippen molar-refractivity contribution >= 4 is 11.6 Å². The molecule has 0 heterocycles. The summed E-state index contributed by atoms with van der Waals surface area (Å²) in [5.74, 6) is -0.346. The molecule has 0 saturated heterocycles. The summed E-state index contributed by atoms with van der Waals surface area (Å²) in [7, 11) is 1.83. The fourth-order valence-corrected chi connectivity index (χ4v) is 2.45. The third-order valence-electron chi connectivity index (χ3n) is 3.67. The van der Waals surface area contributed by atoms with Crippen LogP contribution >= 0.6 is 0 Å². The minimum Gasteiger partial charge on any atom is -0.433 e. The summed E-state index contributed by atoms with van der Waals surface area (Å²) in [5, 5.41) is 2.61. The van der Waals surface area contributed by atoms with Crippen LogP contribution in [-0.2, 0) is 17.8 Å². The molecule has 6 heteroatoms. The van der Waals surface area contributed by atoms with Gasteiger partial charge in [-0.25, -0.2) is 0 Å². The fraction of sp³-hybridized carbons (Fsp3) is 0.316. The van der Waals surface area contributed by atoms with Gasteiger partial charge in [-0.1, -0.05) is 43.3 Å². The number of amides is 1. The summed E-state index contributed by atoms with van der Waals surface area (Å²) in [5.41, 5.74) is 2.60. The molecule has 2 aromatic rings. The molecule has 0 aliphatic heterocycles. The predicted octanol–water partition coefficient (Wildman–Crippen LogP) is 3.92. The van der Waals surface area contributed by atoms with Gasteiger partial charge in [-0.05, 0) is 36.7 Å². The number of halogens is 2. The monoisotopic (exact) mass is 348 g/mol. The molecule has 4 nitrogen and oxygen atoms in total. The molecule has 2 aromatic carbocycles. The maximum atomic E-state index is 12.4. The van der Waals surface area contributed by atoms with Crippen molar-refractivity contribution in [1.82, 2.24) is 4.90 Å². The molecule has 0 radical (unpaired) electrons. The molecular formula is C19H22F2N2O2. The first-order valence-corrected chi connectivity index (χ1v) is 8.08. The Morgan fingerprint density at radius 1 is 1.12 bits per heavy atom. The van der Waals surface area contributed by atoms with Gasteiger partial charge in [0.05, 0.1) is 12.2 Å². The largest absolute Gasteiger partial charge is 0.433 e. The minimum absolute atomic E-state index is 0.0522. The lowest BCUT2D eigenvalue weighted by Gasteiger charge is -2.17. The number of alkyl halides is 2. The Labute approximate surface area is 146 Å². The van der Waals surface area contributed by atoms with Crippen molar-refractivity contribution in [2.24, 2.45) is 0 Å². The Kier molecular flexibility index (Phi) is 6.89. The average Bonchev–Trinajstić information content (AvgIpc) is 2.56. The van der Waals surface area contributed by atoms with Crippen LogP contribution in [0.3, 0.4) is 0 Å². The van der Waals surface area contributed by atoms with Gasteiger partial charge in [0.1, 0.15) is 5.75 Å². The van der Waals surface area contributed by atoms with Crippen LogP contribution in [0.5, 0.6) is 5.75 Å². The summed E-state index contributed by atoms with van der Waals surface area (Å²) < 4.78 is 29.2. The molecule has 0 fully saturated rings. The van der Waals surface area contributed by atoms with E-state index in [2.05, 4.69) is 29.1 Å². The number of rotatable bonds is 8. The lowest BCUT2D eigenvalue weighted by atomic mass is 10.1. The molecule has 0 aliphatic rings. The number of benzene rings is 2. The molecule has 1 amide bonds. The molecule has 0 saturated carbocycles. The van der Waals surface area contributed by atoms with Crippen molar-refractivity contribution in [1.29, 1.82) is 0 Å². The molecule has 134 valence electrons. The Balaban J connectivity index is 1.91. The highest BCUT2D eigenvalue weighted by Gasteiger charge is 2.13. The summed E-state index contributed by atoms with van der Waals surface area (Å²) in [6, 6.07) is 14.4. The number of hydrogen-bond donors (Lipinski definition) is 1. The number of hydrogen-bond acceptors (Lipinski definition) is 3. The SMILES string of the molecule is CCc1ccc(CN(C)CC(=O)Nc2ccccc2OC(F)F)cc1. The molecular weight excluding hydrogens is 326 g/mol. The van der Waals surface area contributed by atoms with Crippen LogP contribution in [0.15, 0.2) is 48.5 Å². The van der Waals surface area contributed by atoms with E-state index in [0.29, 0.717) is 6.54 Å². The van der Waals surface area contributed by atoms with Gasteiger partial charge in [0.25, 0.3) is 0 Å². The van der Waals surface area contributed by atoms with Crippen LogP contribution in [0.25, 0.3) is 0 Å². The van der Waals surface area contributed by atoms with E-state index in [0.717, 1.165) is 12.0 Å². The third kappa shape index (κ3) is 6.15. The van der Waals surface area contributed by atoms with Gasteiger partial charge in [0.2, 0.25) is 5.91 Å². The lowest BCUT2D eigenvalue weighted by molar-refractivity contribution is -0.117. The number of anilines is 1. The molecule has 0 aliphatic carbocycles. The van der Waals surface area contributed by atoms with Crippen LogP contribution in [0.4, 0.5) is 14.5 Å². The van der Waals surface area contributed by atoms with Crippen molar-refractivity contribution in [3.8, 4) is 5.75 Å². The molecule has 0 spiro atoms. The van der Waals surface area contributed by atoms with Gasteiger partial charge in [0.15, 0.2) is 0 Å². The number of para-hydroxylation sites is 2. The van der Waals surface area contributed by atoms with Gasteiger partial charge >= 0.3 is 6.61 Å². The maximum Gasteiger partial charge on any atom is 0.387 e. The van der Waals surface area contributed by atoms with E-state index in [4.69, 9.17) is 0 Å². The first-order valence-electron chi connectivity index (χ1n) is 8.08.